The summed E-state index contributed by atoms with van der Waals surface area (Å²) in [6, 6.07) is 24.9. The Morgan fingerprint density at radius 2 is 1.66 bits per heavy atom. The Morgan fingerprint density at radius 1 is 0.931 bits per heavy atom. The summed E-state index contributed by atoms with van der Waals surface area (Å²) in [7, 11) is 0. The predicted octanol–water partition coefficient (Wildman–Crippen LogP) is 4.97. The Balaban J connectivity index is 1.20. The van der Waals surface area contributed by atoms with E-state index < -0.39 is 0 Å². The SMILES string of the molecule is O=C(Nc1ccc2c(c1)CCN2Cc1ccccc1)OC1Cc2ccccc2C1. The standard InChI is InChI=1S/C25H24N2O2/c28-25(29-23-15-19-8-4-5-9-20(19)16-23)26-22-10-11-24-21(14-22)12-13-27(24)17-18-6-2-1-3-7-18/h1-11,14,23H,12-13,15-17H2,(H,26,28). The van der Waals surface area contributed by atoms with E-state index in [1.165, 1.54) is 27.9 Å². The van der Waals surface area contributed by atoms with Crippen LogP contribution in [0.1, 0.15) is 22.3 Å². The molecule has 0 spiro atoms. The number of carbonyl (C=O) groups is 1. The zero-order valence-electron chi connectivity index (χ0n) is 16.3. The lowest BCUT2D eigenvalue weighted by atomic mass is 10.1. The smallest absolute Gasteiger partial charge is 0.411 e. The van der Waals surface area contributed by atoms with E-state index >= 15 is 0 Å². The molecule has 1 N–H and O–H groups in total. The average Bonchev–Trinajstić information content (AvgIpc) is 3.32. The van der Waals surface area contributed by atoms with Crippen LogP contribution in [0.5, 0.6) is 0 Å². The number of anilines is 2. The van der Waals surface area contributed by atoms with Gasteiger partial charge in [0.2, 0.25) is 0 Å². The Morgan fingerprint density at radius 3 is 2.41 bits per heavy atom. The van der Waals surface area contributed by atoms with E-state index in [4.69, 9.17) is 4.74 Å². The maximum Gasteiger partial charge on any atom is 0.411 e. The first kappa shape index (κ1) is 17.8. The quantitative estimate of drug-likeness (QED) is 0.691. The maximum absolute atomic E-state index is 12.4. The zero-order chi connectivity index (χ0) is 19.6. The van der Waals surface area contributed by atoms with Crippen LogP contribution < -0.4 is 10.2 Å². The first-order valence-electron chi connectivity index (χ1n) is 10.2. The molecule has 0 bridgehead atoms. The monoisotopic (exact) mass is 384 g/mol. The zero-order valence-corrected chi connectivity index (χ0v) is 16.3. The molecule has 4 heteroatoms. The molecule has 1 aliphatic carbocycles. The van der Waals surface area contributed by atoms with Crippen molar-refractivity contribution in [3.63, 3.8) is 0 Å². The number of hydrogen-bond donors (Lipinski definition) is 1. The minimum absolute atomic E-state index is 0.0804. The molecule has 2 aliphatic rings. The fraction of sp³-hybridized carbons (Fsp3) is 0.240. The third-order valence-electron chi connectivity index (χ3n) is 5.82. The van der Waals surface area contributed by atoms with Gasteiger partial charge in [0.25, 0.3) is 0 Å². The number of benzene rings is 3. The second-order valence-corrected chi connectivity index (χ2v) is 7.83. The van der Waals surface area contributed by atoms with Crippen molar-refractivity contribution in [2.45, 2.75) is 31.9 Å². The van der Waals surface area contributed by atoms with Crippen molar-refractivity contribution >= 4 is 17.5 Å². The third-order valence-corrected chi connectivity index (χ3v) is 5.82. The summed E-state index contributed by atoms with van der Waals surface area (Å²) < 4.78 is 5.66. The molecule has 0 fully saturated rings. The van der Waals surface area contributed by atoms with Gasteiger partial charge in [-0.3, -0.25) is 5.32 Å². The van der Waals surface area contributed by atoms with Crippen LogP contribution in [0.2, 0.25) is 0 Å². The van der Waals surface area contributed by atoms with Gasteiger partial charge in [-0.2, -0.15) is 0 Å². The lowest BCUT2D eigenvalue weighted by molar-refractivity contribution is 0.116. The summed E-state index contributed by atoms with van der Waals surface area (Å²) >= 11 is 0. The van der Waals surface area contributed by atoms with Crippen LogP contribution in [-0.2, 0) is 30.5 Å². The molecular weight excluding hydrogens is 360 g/mol. The molecule has 0 radical (unpaired) electrons. The van der Waals surface area contributed by atoms with Crippen molar-refractivity contribution in [3.05, 3.63) is 95.1 Å². The highest BCUT2D eigenvalue weighted by Gasteiger charge is 2.25. The molecule has 0 saturated heterocycles. The number of nitrogens with one attached hydrogen (secondary N) is 1. The second kappa shape index (κ2) is 7.63. The van der Waals surface area contributed by atoms with Gasteiger partial charge in [0, 0.05) is 37.3 Å². The van der Waals surface area contributed by atoms with E-state index in [1.807, 2.05) is 24.3 Å². The summed E-state index contributed by atoms with van der Waals surface area (Å²) in [5, 5.41) is 2.91. The highest BCUT2D eigenvalue weighted by Crippen LogP contribution is 2.32. The normalized spacial score (nSPS) is 15.1. The second-order valence-electron chi connectivity index (χ2n) is 7.83. The lowest BCUT2D eigenvalue weighted by Gasteiger charge is -2.20. The van der Waals surface area contributed by atoms with E-state index in [2.05, 4.69) is 58.7 Å². The van der Waals surface area contributed by atoms with Gasteiger partial charge in [0.15, 0.2) is 0 Å². The van der Waals surface area contributed by atoms with Crippen LogP contribution in [0.25, 0.3) is 0 Å². The van der Waals surface area contributed by atoms with Gasteiger partial charge in [0.05, 0.1) is 0 Å². The van der Waals surface area contributed by atoms with Crippen molar-refractivity contribution in [2.24, 2.45) is 0 Å². The van der Waals surface area contributed by atoms with Crippen molar-refractivity contribution < 1.29 is 9.53 Å². The van der Waals surface area contributed by atoms with Crippen molar-refractivity contribution in [1.29, 1.82) is 0 Å². The van der Waals surface area contributed by atoms with Crippen molar-refractivity contribution in [2.75, 3.05) is 16.8 Å². The third kappa shape index (κ3) is 3.83. The van der Waals surface area contributed by atoms with Crippen molar-refractivity contribution in [1.82, 2.24) is 0 Å². The van der Waals surface area contributed by atoms with E-state index in [9.17, 15) is 4.79 Å². The lowest BCUT2D eigenvalue weighted by Crippen LogP contribution is -2.22. The largest absolute Gasteiger partial charge is 0.445 e. The first-order chi connectivity index (χ1) is 14.2. The molecule has 5 rings (SSSR count). The number of ether oxygens (including phenoxy) is 1. The number of rotatable bonds is 4. The van der Waals surface area contributed by atoms with Crippen LogP contribution in [0.3, 0.4) is 0 Å². The highest BCUT2D eigenvalue weighted by molar-refractivity contribution is 5.85. The number of carbonyl (C=O) groups excluding carboxylic acids is 1. The molecule has 0 aromatic heterocycles. The summed E-state index contributed by atoms with van der Waals surface area (Å²) in [5.41, 5.74) is 7.18. The fourth-order valence-electron chi connectivity index (χ4n) is 4.42. The van der Waals surface area contributed by atoms with Crippen LogP contribution in [0, 0.1) is 0 Å². The molecule has 3 aromatic rings. The molecule has 0 saturated carbocycles. The molecule has 0 unspecified atom stereocenters. The molecule has 3 aromatic carbocycles. The first-order valence-corrected chi connectivity index (χ1v) is 10.2. The maximum atomic E-state index is 12.4. The van der Waals surface area contributed by atoms with Crippen LogP contribution in [0.4, 0.5) is 16.2 Å². The molecule has 1 heterocycles. The molecule has 29 heavy (non-hydrogen) atoms. The summed E-state index contributed by atoms with van der Waals surface area (Å²) in [4.78, 5) is 14.8. The van der Waals surface area contributed by atoms with Gasteiger partial charge in [-0.05, 0) is 46.9 Å². The van der Waals surface area contributed by atoms with Crippen LogP contribution >= 0.6 is 0 Å². The van der Waals surface area contributed by atoms with Gasteiger partial charge in [-0.15, -0.1) is 0 Å². The number of fused-ring (bicyclic) bond motifs is 2. The van der Waals surface area contributed by atoms with Gasteiger partial charge in [-0.25, -0.2) is 4.79 Å². The van der Waals surface area contributed by atoms with Gasteiger partial charge >= 0.3 is 6.09 Å². The van der Waals surface area contributed by atoms with Crippen molar-refractivity contribution in [3.8, 4) is 0 Å². The minimum Gasteiger partial charge on any atom is -0.445 e. The number of amides is 1. The fourth-order valence-corrected chi connectivity index (χ4v) is 4.42. The molecule has 1 amide bonds. The number of nitrogens with zero attached hydrogens (tertiary/aromatic N) is 1. The molecule has 0 atom stereocenters. The van der Waals surface area contributed by atoms with Gasteiger partial charge < -0.3 is 9.64 Å². The Labute approximate surface area is 171 Å². The number of hydrogen-bond acceptors (Lipinski definition) is 3. The van der Waals surface area contributed by atoms with Gasteiger partial charge in [-0.1, -0.05) is 54.6 Å². The van der Waals surface area contributed by atoms with E-state index in [0.717, 1.165) is 38.0 Å². The highest BCUT2D eigenvalue weighted by atomic mass is 16.6. The molecular formula is C25H24N2O2. The van der Waals surface area contributed by atoms with Crippen LogP contribution in [0.15, 0.2) is 72.8 Å². The molecule has 4 nitrogen and oxygen atoms in total. The Bertz CT molecular complexity index is 1010. The average molecular weight is 384 g/mol. The van der Waals surface area contributed by atoms with Crippen LogP contribution in [-0.4, -0.2) is 18.7 Å². The summed E-state index contributed by atoms with van der Waals surface area (Å²) in [5.74, 6) is 0. The predicted molar refractivity (Wildman–Crippen MR) is 115 cm³/mol. The topological polar surface area (TPSA) is 41.6 Å². The summed E-state index contributed by atoms with van der Waals surface area (Å²) in [6.45, 7) is 1.91. The van der Waals surface area contributed by atoms with E-state index in [-0.39, 0.29) is 12.2 Å². The Hall–Kier alpha value is -3.27. The molecule has 146 valence electrons. The van der Waals surface area contributed by atoms with E-state index in [1.54, 1.807) is 0 Å². The molecule has 1 aliphatic heterocycles. The van der Waals surface area contributed by atoms with Gasteiger partial charge in [0.1, 0.15) is 6.10 Å². The minimum atomic E-state index is -0.373. The summed E-state index contributed by atoms with van der Waals surface area (Å²) in [6.07, 6.45) is 2.12. The Kier molecular flexibility index (Phi) is 4.68. The van der Waals surface area contributed by atoms with E-state index in [0.29, 0.717) is 0 Å².